The number of rotatable bonds is 5. The van der Waals surface area contributed by atoms with Gasteiger partial charge in [-0.15, -0.1) is 0 Å². The summed E-state index contributed by atoms with van der Waals surface area (Å²) < 4.78 is 26.7. The van der Waals surface area contributed by atoms with E-state index in [9.17, 15) is 4.79 Å². The Kier molecular flexibility index (Phi) is 4.62. The van der Waals surface area contributed by atoms with Gasteiger partial charge in [0, 0.05) is 11.5 Å². The van der Waals surface area contributed by atoms with Crippen molar-refractivity contribution < 1.29 is 28.5 Å². The van der Waals surface area contributed by atoms with Gasteiger partial charge in [0.05, 0.1) is 20.8 Å². The van der Waals surface area contributed by atoms with Crippen molar-refractivity contribution >= 4 is 12.0 Å². The number of hydrogen-bond donors (Lipinski definition) is 0. The lowest BCUT2D eigenvalue weighted by Crippen LogP contribution is -2.08. The minimum atomic E-state index is -0.279. The van der Waals surface area contributed by atoms with Gasteiger partial charge in [0.15, 0.2) is 23.0 Å². The maximum absolute atomic E-state index is 12.2. The number of fused-ring (bicyclic) bond motifs is 1. The Morgan fingerprint density at radius 3 is 2.63 bits per heavy atom. The van der Waals surface area contributed by atoms with Crippen molar-refractivity contribution in [1.82, 2.24) is 0 Å². The molecule has 27 heavy (non-hydrogen) atoms. The van der Waals surface area contributed by atoms with Crippen LogP contribution in [0.15, 0.2) is 42.0 Å². The highest BCUT2D eigenvalue weighted by molar-refractivity contribution is 5.96. The van der Waals surface area contributed by atoms with Gasteiger partial charge in [-0.3, -0.25) is 0 Å². The first-order valence-electron chi connectivity index (χ1n) is 8.67. The Hall–Kier alpha value is -3.15. The summed E-state index contributed by atoms with van der Waals surface area (Å²) in [5.74, 6) is 2.44. The molecule has 2 aromatic rings. The van der Waals surface area contributed by atoms with E-state index in [4.69, 9.17) is 23.7 Å². The smallest absolute Gasteiger partial charge is 0.334 e. The standard InChI is InChI=1S/C21H20O6/c1-23-17-5-3-13(9-19(17)24-2)7-15-11-25-21(22)16(15)8-14-4-6-18-20(10-14)27-12-26-18/h3-6,8-10,15H,7,11-12H2,1-2H3/t15-/m0/s1. The van der Waals surface area contributed by atoms with Crippen LogP contribution in [0.2, 0.25) is 0 Å². The lowest BCUT2D eigenvalue weighted by atomic mass is 9.92. The minimum absolute atomic E-state index is 0.0268. The van der Waals surface area contributed by atoms with E-state index < -0.39 is 0 Å². The van der Waals surface area contributed by atoms with Gasteiger partial charge in [-0.25, -0.2) is 4.79 Å². The highest BCUT2D eigenvalue weighted by Gasteiger charge is 2.31. The predicted molar refractivity (Wildman–Crippen MR) is 98.2 cm³/mol. The molecule has 0 saturated carbocycles. The van der Waals surface area contributed by atoms with Crippen molar-refractivity contribution in [3.8, 4) is 23.0 Å². The van der Waals surface area contributed by atoms with Crippen molar-refractivity contribution in [2.75, 3.05) is 27.6 Å². The fourth-order valence-corrected chi connectivity index (χ4v) is 3.34. The summed E-state index contributed by atoms with van der Waals surface area (Å²) in [5.41, 5.74) is 2.58. The number of methoxy groups -OCH3 is 2. The number of esters is 1. The normalized spacial score (nSPS) is 19.3. The first kappa shape index (κ1) is 17.3. The molecule has 0 amide bonds. The van der Waals surface area contributed by atoms with E-state index in [1.165, 1.54) is 0 Å². The van der Waals surface area contributed by atoms with Crippen LogP contribution in [0.5, 0.6) is 23.0 Å². The monoisotopic (exact) mass is 368 g/mol. The molecule has 6 heteroatoms. The average molecular weight is 368 g/mol. The molecule has 4 rings (SSSR count). The third-order valence-electron chi connectivity index (χ3n) is 4.74. The van der Waals surface area contributed by atoms with Crippen LogP contribution < -0.4 is 18.9 Å². The molecule has 0 aromatic heterocycles. The Labute approximate surface area is 157 Å². The molecule has 1 atom stereocenters. The maximum atomic E-state index is 12.2. The van der Waals surface area contributed by atoms with Gasteiger partial charge in [0.25, 0.3) is 0 Å². The summed E-state index contributed by atoms with van der Waals surface area (Å²) in [6.07, 6.45) is 2.53. The Balaban J connectivity index is 1.58. The molecule has 0 radical (unpaired) electrons. The van der Waals surface area contributed by atoms with Crippen LogP contribution in [0.4, 0.5) is 0 Å². The Morgan fingerprint density at radius 1 is 1.00 bits per heavy atom. The van der Waals surface area contributed by atoms with Crippen LogP contribution in [0.3, 0.4) is 0 Å². The molecule has 140 valence electrons. The van der Waals surface area contributed by atoms with Crippen molar-refractivity contribution in [1.29, 1.82) is 0 Å². The van der Waals surface area contributed by atoms with E-state index in [1.54, 1.807) is 14.2 Å². The number of cyclic esters (lactones) is 1. The topological polar surface area (TPSA) is 63.2 Å². The number of carbonyl (C=O) groups is 1. The number of ether oxygens (including phenoxy) is 5. The van der Waals surface area contributed by atoms with Crippen LogP contribution in [-0.4, -0.2) is 33.6 Å². The molecule has 1 saturated heterocycles. The van der Waals surface area contributed by atoms with E-state index in [1.807, 2.05) is 42.5 Å². The number of benzene rings is 2. The van der Waals surface area contributed by atoms with Gasteiger partial charge in [-0.05, 0) is 47.9 Å². The summed E-state index contributed by atoms with van der Waals surface area (Å²) in [5, 5.41) is 0. The zero-order valence-corrected chi connectivity index (χ0v) is 15.2. The fraction of sp³-hybridized carbons (Fsp3) is 0.286. The molecular formula is C21H20O6. The Morgan fingerprint density at radius 2 is 1.81 bits per heavy atom. The molecule has 0 unspecified atom stereocenters. The second kappa shape index (κ2) is 7.23. The second-order valence-corrected chi connectivity index (χ2v) is 6.40. The van der Waals surface area contributed by atoms with Crippen molar-refractivity contribution in [2.24, 2.45) is 5.92 Å². The van der Waals surface area contributed by atoms with Crippen molar-refractivity contribution in [3.63, 3.8) is 0 Å². The average Bonchev–Trinajstić information content (AvgIpc) is 3.29. The van der Waals surface area contributed by atoms with Crippen LogP contribution in [-0.2, 0) is 16.0 Å². The molecule has 2 aliphatic heterocycles. The van der Waals surface area contributed by atoms with Gasteiger partial charge in [0.2, 0.25) is 6.79 Å². The highest BCUT2D eigenvalue weighted by Crippen LogP contribution is 2.35. The number of carbonyl (C=O) groups excluding carboxylic acids is 1. The first-order chi connectivity index (χ1) is 13.2. The lowest BCUT2D eigenvalue weighted by Gasteiger charge is -2.12. The zero-order valence-electron chi connectivity index (χ0n) is 15.2. The van der Waals surface area contributed by atoms with Crippen LogP contribution >= 0.6 is 0 Å². The third-order valence-corrected chi connectivity index (χ3v) is 4.74. The third kappa shape index (κ3) is 3.43. The largest absolute Gasteiger partial charge is 0.493 e. The van der Waals surface area contributed by atoms with Crippen molar-refractivity contribution in [3.05, 3.63) is 53.1 Å². The molecule has 0 N–H and O–H groups in total. The maximum Gasteiger partial charge on any atom is 0.334 e. The van der Waals surface area contributed by atoms with E-state index in [0.717, 1.165) is 11.1 Å². The van der Waals surface area contributed by atoms with Gasteiger partial charge < -0.3 is 23.7 Å². The molecule has 2 aromatic carbocycles. The molecule has 6 nitrogen and oxygen atoms in total. The Bertz CT molecular complexity index is 902. The summed E-state index contributed by atoms with van der Waals surface area (Å²) in [4.78, 5) is 12.2. The minimum Gasteiger partial charge on any atom is -0.493 e. The zero-order chi connectivity index (χ0) is 18.8. The number of hydrogen-bond acceptors (Lipinski definition) is 6. The first-order valence-corrected chi connectivity index (χ1v) is 8.67. The molecule has 0 aliphatic carbocycles. The van der Waals surface area contributed by atoms with E-state index >= 15 is 0 Å². The van der Waals surface area contributed by atoms with Crippen LogP contribution in [0, 0.1) is 5.92 Å². The summed E-state index contributed by atoms with van der Waals surface area (Å²) in [7, 11) is 3.21. The van der Waals surface area contributed by atoms with Gasteiger partial charge in [0.1, 0.15) is 0 Å². The summed E-state index contributed by atoms with van der Waals surface area (Å²) in [6, 6.07) is 11.4. The SMILES string of the molecule is COc1ccc(C[C@H]2COC(=O)C2=Cc2ccc3c(c2)OCO3)cc1OC. The molecule has 0 bridgehead atoms. The second-order valence-electron chi connectivity index (χ2n) is 6.40. The summed E-state index contributed by atoms with van der Waals surface area (Å²) in [6.45, 7) is 0.586. The van der Waals surface area contributed by atoms with Crippen molar-refractivity contribution in [2.45, 2.75) is 6.42 Å². The molecule has 1 fully saturated rings. The predicted octanol–water partition coefficient (Wildman–Crippen LogP) is 3.23. The van der Waals surface area contributed by atoms with E-state index in [2.05, 4.69) is 0 Å². The lowest BCUT2D eigenvalue weighted by molar-refractivity contribution is -0.135. The van der Waals surface area contributed by atoms with E-state index in [-0.39, 0.29) is 18.7 Å². The van der Waals surface area contributed by atoms with E-state index in [0.29, 0.717) is 41.6 Å². The molecular weight excluding hydrogens is 348 g/mol. The molecule has 2 heterocycles. The fourth-order valence-electron chi connectivity index (χ4n) is 3.34. The molecule has 0 spiro atoms. The van der Waals surface area contributed by atoms with Crippen LogP contribution in [0.25, 0.3) is 6.08 Å². The van der Waals surface area contributed by atoms with Gasteiger partial charge in [-0.1, -0.05) is 12.1 Å². The van der Waals surface area contributed by atoms with Gasteiger partial charge >= 0.3 is 5.97 Å². The highest BCUT2D eigenvalue weighted by atomic mass is 16.7. The molecule has 2 aliphatic rings. The van der Waals surface area contributed by atoms with Crippen LogP contribution in [0.1, 0.15) is 11.1 Å². The summed E-state index contributed by atoms with van der Waals surface area (Å²) >= 11 is 0. The quantitative estimate of drug-likeness (QED) is 0.596. The van der Waals surface area contributed by atoms with Gasteiger partial charge in [-0.2, -0.15) is 0 Å².